The second-order valence-electron chi connectivity index (χ2n) is 5.44. The normalized spacial score (nSPS) is 18.1. The maximum Gasteiger partial charge on any atom is 0.252 e. The van der Waals surface area contributed by atoms with Gasteiger partial charge in [-0.25, -0.2) is 14.6 Å². The molecule has 1 atom stereocenters. The third-order valence-electron chi connectivity index (χ3n) is 3.85. The maximum absolute atomic E-state index is 12.1. The van der Waals surface area contributed by atoms with Crippen LogP contribution in [-0.4, -0.2) is 44.8 Å². The fourth-order valence-electron chi connectivity index (χ4n) is 2.61. The predicted molar refractivity (Wildman–Crippen MR) is 81.7 cm³/mol. The fourth-order valence-corrected chi connectivity index (χ4v) is 2.61. The highest BCUT2D eigenvalue weighted by molar-refractivity contribution is 5.93. The van der Waals surface area contributed by atoms with Gasteiger partial charge in [0.05, 0.1) is 5.56 Å². The van der Waals surface area contributed by atoms with Crippen LogP contribution in [0, 0.1) is 0 Å². The van der Waals surface area contributed by atoms with Crippen LogP contribution in [0.1, 0.15) is 36.0 Å². The van der Waals surface area contributed by atoms with Crippen molar-refractivity contribution in [3.8, 4) is 5.82 Å². The van der Waals surface area contributed by atoms with Gasteiger partial charge in [-0.3, -0.25) is 4.79 Å². The minimum Gasteiger partial charge on any atom is -0.352 e. The summed E-state index contributed by atoms with van der Waals surface area (Å²) in [6, 6.07) is 4.03. The van der Waals surface area contributed by atoms with Gasteiger partial charge in [0.2, 0.25) is 0 Å². The number of rotatable bonds is 5. The Morgan fingerprint density at radius 2 is 2.36 bits per heavy atom. The summed E-state index contributed by atoms with van der Waals surface area (Å²) in [6.45, 7) is 1.77. The van der Waals surface area contributed by atoms with E-state index in [4.69, 9.17) is 0 Å². The molecule has 1 fully saturated rings. The summed E-state index contributed by atoms with van der Waals surface area (Å²) >= 11 is 0. The lowest BCUT2D eigenvalue weighted by molar-refractivity contribution is 0.0951. The van der Waals surface area contributed by atoms with E-state index < -0.39 is 0 Å². The highest BCUT2D eigenvalue weighted by Crippen LogP contribution is 2.09. The smallest absolute Gasteiger partial charge is 0.252 e. The molecule has 7 nitrogen and oxygen atoms in total. The number of carbonyl (C=O) groups is 1. The summed E-state index contributed by atoms with van der Waals surface area (Å²) in [4.78, 5) is 20.2. The average molecular weight is 300 g/mol. The van der Waals surface area contributed by atoms with E-state index >= 15 is 0 Å². The van der Waals surface area contributed by atoms with Crippen LogP contribution in [0.4, 0.5) is 0 Å². The summed E-state index contributed by atoms with van der Waals surface area (Å²) < 4.78 is 1.55. The van der Waals surface area contributed by atoms with Crippen molar-refractivity contribution in [1.29, 1.82) is 0 Å². The highest BCUT2D eigenvalue weighted by atomic mass is 16.1. The molecule has 3 heterocycles. The molecule has 116 valence electrons. The molecule has 1 unspecified atom stereocenters. The first-order chi connectivity index (χ1) is 10.8. The molecule has 0 aromatic carbocycles. The van der Waals surface area contributed by atoms with E-state index in [9.17, 15) is 4.79 Å². The largest absolute Gasteiger partial charge is 0.352 e. The van der Waals surface area contributed by atoms with E-state index in [1.165, 1.54) is 25.6 Å². The zero-order chi connectivity index (χ0) is 15.2. The third-order valence-corrected chi connectivity index (χ3v) is 3.85. The van der Waals surface area contributed by atoms with Gasteiger partial charge in [0, 0.05) is 18.8 Å². The topological polar surface area (TPSA) is 84.7 Å². The number of amides is 1. The number of pyridine rings is 1. The van der Waals surface area contributed by atoms with E-state index in [1.54, 1.807) is 29.3 Å². The Morgan fingerprint density at radius 3 is 3.05 bits per heavy atom. The summed E-state index contributed by atoms with van der Waals surface area (Å²) in [7, 11) is 0. The van der Waals surface area contributed by atoms with Crippen LogP contribution in [0.15, 0.2) is 31.0 Å². The van der Waals surface area contributed by atoms with Gasteiger partial charge in [0.15, 0.2) is 5.82 Å². The first-order valence-electron chi connectivity index (χ1n) is 7.65. The zero-order valence-corrected chi connectivity index (χ0v) is 12.4. The summed E-state index contributed by atoms with van der Waals surface area (Å²) in [5.74, 6) is 0.550. The monoisotopic (exact) mass is 300 g/mol. The minimum absolute atomic E-state index is 0.0894. The number of nitrogens with zero attached hydrogens (tertiary/aromatic N) is 4. The molecule has 1 aliphatic rings. The molecule has 7 heteroatoms. The zero-order valence-electron chi connectivity index (χ0n) is 12.4. The second-order valence-corrected chi connectivity index (χ2v) is 5.44. The molecule has 1 aliphatic heterocycles. The molecule has 2 aromatic rings. The average Bonchev–Trinajstić information content (AvgIpc) is 3.10. The van der Waals surface area contributed by atoms with E-state index in [2.05, 4.69) is 25.7 Å². The van der Waals surface area contributed by atoms with Crippen LogP contribution in [0.2, 0.25) is 0 Å². The first kappa shape index (κ1) is 14.6. The van der Waals surface area contributed by atoms with Gasteiger partial charge in [-0.2, -0.15) is 5.10 Å². The van der Waals surface area contributed by atoms with Crippen LogP contribution >= 0.6 is 0 Å². The molecule has 3 rings (SSSR count). The summed E-state index contributed by atoms with van der Waals surface area (Å²) in [6.07, 6.45) is 9.28. The Morgan fingerprint density at radius 1 is 1.41 bits per heavy atom. The maximum atomic E-state index is 12.1. The summed E-state index contributed by atoms with van der Waals surface area (Å²) in [5, 5.41) is 10.4. The Hall–Kier alpha value is -2.28. The van der Waals surface area contributed by atoms with Crippen LogP contribution in [0.25, 0.3) is 5.82 Å². The molecule has 22 heavy (non-hydrogen) atoms. The number of carbonyl (C=O) groups excluding carboxylic acids is 1. The van der Waals surface area contributed by atoms with Crippen molar-refractivity contribution < 1.29 is 4.79 Å². The standard InChI is InChI=1S/C15H20N6O/c22-15(18-8-6-13-3-1-2-7-17-13)12-4-5-14(19-9-12)21-11-16-10-20-21/h4-5,9-11,13,17H,1-3,6-8H2,(H,18,22). The van der Waals surface area contributed by atoms with Crippen LogP contribution < -0.4 is 10.6 Å². The van der Waals surface area contributed by atoms with Crippen molar-refractivity contribution in [2.24, 2.45) is 0 Å². The van der Waals surface area contributed by atoms with Crippen molar-refractivity contribution in [2.45, 2.75) is 31.7 Å². The van der Waals surface area contributed by atoms with E-state index in [0.717, 1.165) is 13.0 Å². The number of piperidine rings is 1. The van der Waals surface area contributed by atoms with Crippen LogP contribution in [-0.2, 0) is 0 Å². The van der Waals surface area contributed by atoms with Gasteiger partial charge in [-0.15, -0.1) is 0 Å². The minimum atomic E-state index is -0.0894. The third kappa shape index (κ3) is 3.67. The molecule has 0 radical (unpaired) electrons. The van der Waals surface area contributed by atoms with Gasteiger partial charge < -0.3 is 10.6 Å². The van der Waals surface area contributed by atoms with Crippen LogP contribution in [0.3, 0.4) is 0 Å². The Kier molecular flexibility index (Phi) is 4.75. The predicted octanol–water partition coefficient (Wildman–Crippen LogP) is 0.924. The Bertz CT molecular complexity index is 589. The lowest BCUT2D eigenvalue weighted by Crippen LogP contribution is -2.37. The molecule has 0 bridgehead atoms. The van der Waals surface area contributed by atoms with Crippen molar-refractivity contribution in [3.05, 3.63) is 36.5 Å². The lowest BCUT2D eigenvalue weighted by atomic mass is 10.0. The van der Waals surface area contributed by atoms with E-state index in [0.29, 0.717) is 24.0 Å². The fraction of sp³-hybridized carbons (Fsp3) is 0.467. The van der Waals surface area contributed by atoms with Crippen molar-refractivity contribution in [2.75, 3.05) is 13.1 Å². The highest BCUT2D eigenvalue weighted by Gasteiger charge is 2.13. The first-order valence-corrected chi connectivity index (χ1v) is 7.65. The van der Waals surface area contributed by atoms with Gasteiger partial charge in [0.1, 0.15) is 12.7 Å². The van der Waals surface area contributed by atoms with Crippen molar-refractivity contribution in [3.63, 3.8) is 0 Å². The van der Waals surface area contributed by atoms with Gasteiger partial charge in [-0.1, -0.05) is 6.42 Å². The molecule has 1 amide bonds. The van der Waals surface area contributed by atoms with Crippen molar-refractivity contribution >= 4 is 5.91 Å². The second kappa shape index (κ2) is 7.13. The number of hydrogen-bond donors (Lipinski definition) is 2. The Balaban J connectivity index is 1.49. The molecule has 2 aromatic heterocycles. The number of hydrogen-bond acceptors (Lipinski definition) is 5. The molecule has 0 spiro atoms. The van der Waals surface area contributed by atoms with Gasteiger partial charge in [-0.05, 0) is 37.9 Å². The molecule has 0 saturated carbocycles. The van der Waals surface area contributed by atoms with Crippen molar-refractivity contribution in [1.82, 2.24) is 30.4 Å². The summed E-state index contributed by atoms with van der Waals surface area (Å²) in [5.41, 5.74) is 0.556. The molecule has 0 aliphatic carbocycles. The van der Waals surface area contributed by atoms with E-state index in [-0.39, 0.29) is 5.91 Å². The Labute approximate surface area is 129 Å². The van der Waals surface area contributed by atoms with Gasteiger partial charge >= 0.3 is 0 Å². The molecule has 1 saturated heterocycles. The van der Waals surface area contributed by atoms with Crippen LogP contribution in [0.5, 0.6) is 0 Å². The lowest BCUT2D eigenvalue weighted by Gasteiger charge is -2.23. The quantitative estimate of drug-likeness (QED) is 0.858. The SMILES string of the molecule is O=C(NCCC1CCCCN1)c1ccc(-n2cncn2)nc1. The number of nitrogens with one attached hydrogen (secondary N) is 2. The molecule has 2 N–H and O–H groups in total. The number of aromatic nitrogens is 4. The molecular weight excluding hydrogens is 280 g/mol. The van der Waals surface area contributed by atoms with E-state index in [1.807, 2.05) is 0 Å². The molecular formula is C15H20N6O. The van der Waals surface area contributed by atoms with Gasteiger partial charge in [0.25, 0.3) is 5.91 Å².